The topological polar surface area (TPSA) is 58.4 Å². The summed E-state index contributed by atoms with van der Waals surface area (Å²) in [6, 6.07) is 7.93. The summed E-state index contributed by atoms with van der Waals surface area (Å²) in [5, 5.41) is 2.99. The first kappa shape index (κ1) is 15.4. The number of likely N-dealkylation sites (tertiary alicyclic amines) is 1. The van der Waals surface area contributed by atoms with Gasteiger partial charge in [-0.1, -0.05) is 36.8 Å². The Kier molecular flexibility index (Phi) is 6.11. The van der Waals surface area contributed by atoms with Crippen molar-refractivity contribution in [1.29, 1.82) is 0 Å². The molecule has 0 bridgehead atoms. The third-order valence-corrected chi connectivity index (χ3v) is 3.63. The van der Waals surface area contributed by atoms with Gasteiger partial charge in [0, 0.05) is 25.2 Å². The van der Waals surface area contributed by atoms with Crippen LogP contribution in [0.3, 0.4) is 0 Å². The summed E-state index contributed by atoms with van der Waals surface area (Å²) in [6.07, 6.45) is 4.69. The van der Waals surface area contributed by atoms with Crippen LogP contribution in [0.25, 0.3) is 0 Å². The molecule has 1 saturated heterocycles. The lowest BCUT2D eigenvalue weighted by molar-refractivity contribution is 0.199. The summed E-state index contributed by atoms with van der Waals surface area (Å²) >= 11 is 0. The van der Waals surface area contributed by atoms with Gasteiger partial charge < -0.3 is 16.0 Å². The standard InChI is InChI=1S/C17H23N3O/c18-11-5-6-15-7-9-16(10-8-15)14-19-17(21)20-12-3-1-2-4-13-20/h7-10H,1-4,11-14,18H2,(H,19,21). The number of carbonyl (C=O) groups excluding carboxylic acids is 1. The maximum Gasteiger partial charge on any atom is 0.317 e. The predicted octanol–water partition coefficient (Wildman–Crippen LogP) is 2.08. The minimum absolute atomic E-state index is 0.0453. The van der Waals surface area contributed by atoms with E-state index in [0.29, 0.717) is 13.1 Å². The van der Waals surface area contributed by atoms with E-state index < -0.39 is 0 Å². The molecule has 1 fully saturated rings. The van der Waals surface area contributed by atoms with Gasteiger partial charge in [0.25, 0.3) is 0 Å². The average Bonchev–Trinajstić information content (AvgIpc) is 2.81. The Balaban J connectivity index is 1.83. The summed E-state index contributed by atoms with van der Waals surface area (Å²) in [5.41, 5.74) is 7.37. The SMILES string of the molecule is NCC#Cc1ccc(CNC(=O)N2CCCCCC2)cc1. The van der Waals surface area contributed by atoms with Gasteiger partial charge in [-0.3, -0.25) is 0 Å². The molecule has 1 aliphatic rings. The molecule has 1 aliphatic heterocycles. The number of rotatable bonds is 2. The number of benzene rings is 1. The number of nitrogens with zero attached hydrogens (tertiary/aromatic N) is 1. The lowest BCUT2D eigenvalue weighted by Crippen LogP contribution is -2.40. The fourth-order valence-corrected chi connectivity index (χ4v) is 2.42. The zero-order valence-electron chi connectivity index (χ0n) is 12.4. The van der Waals surface area contributed by atoms with Crippen LogP contribution in [0.5, 0.6) is 0 Å². The van der Waals surface area contributed by atoms with Crippen molar-refractivity contribution in [2.75, 3.05) is 19.6 Å². The first-order valence-corrected chi connectivity index (χ1v) is 7.60. The highest BCUT2D eigenvalue weighted by molar-refractivity contribution is 5.74. The van der Waals surface area contributed by atoms with Gasteiger partial charge in [-0.05, 0) is 30.5 Å². The summed E-state index contributed by atoms with van der Waals surface area (Å²) < 4.78 is 0. The zero-order chi connectivity index (χ0) is 14.9. The van der Waals surface area contributed by atoms with Crippen LogP contribution in [-0.2, 0) is 6.54 Å². The molecule has 2 amide bonds. The minimum atomic E-state index is 0.0453. The number of amides is 2. The van der Waals surface area contributed by atoms with E-state index in [1.807, 2.05) is 29.2 Å². The Labute approximate surface area is 126 Å². The Morgan fingerprint density at radius 2 is 1.81 bits per heavy atom. The second-order valence-electron chi connectivity index (χ2n) is 5.26. The first-order valence-electron chi connectivity index (χ1n) is 7.60. The number of urea groups is 1. The van der Waals surface area contributed by atoms with Crippen molar-refractivity contribution >= 4 is 6.03 Å². The number of nitrogens with two attached hydrogens (primary N) is 1. The second-order valence-corrected chi connectivity index (χ2v) is 5.26. The second kappa shape index (κ2) is 8.33. The molecule has 0 unspecified atom stereocenters. The molecule has 0 aliphatic carbocycles. The molecule has 4 nitrogen and oxygen atoms in total. The molecule has 0 spiro atoms. The van der Waals surface area contributed by atoms with Crippen molar-refractivity contribution in [2.45, 2.75) is 32.2 Å². The van der Waals surface area contributed by atoms with Crippen molar-refractivity contribution in [1.82, 2.24) is 10.2 Å². The van der Waals surface area contributed by atoms with E-state index in [2.05, 4.69) is 17.2 Å². The molecule has 3 N–H and O–H groups in total. The Morgan fingerprint density at radius 1 is 1.14 bits per heavy atom. The molecule has 4 heteroatoms. The maximum absolute atomic E-state index is 12.1. The first-order chi connectivity index (χ1) is 10.3. The van der Waals surface area contributed by atoms with E-state index >= 15 is 0 Å². The van der Waals surface area contributed by atoms with Gasteiger partial charge in [0.05, 0.1) is 6.54 Å². The number of hydrogen-bond acceptors (Lipinski definition) is 2. The fourth-order valence-electron chi connectivity index (χ4n) is 2.42. The highest BCUT2D eigenvalue weighted by Gasteiger charge is 2.14. The molecular formula is C17H23N3O. The van der Waals surface area contributed by atoms with Gasteiger partial charge in [-0.15, -0.1) is 0 Å². The maximum atomic E-state index is 12.1. The van der Waals surface area contributed by atoms with Crippen LogP contribution >= 0.6 is 0 Å². The molecule has 112 valence electrons. The largest absolute Gasteiger partial charge is 0.334 e. The molecule has 0 radical (unpaired) electrons. The minimum Gasteiger partial charge on any atom is -0.334 e. The van der Waals surface area contributed by atoms with Gasteiger partial charge in [0.15, 0.2) is 0 Å². The monoisotopic (exact) mass is 285 g/mol. The summed E-state index contributed by atoms with van der Waals surface area (Å²) in [7, 11) is 0. The summed E-state index contributed by atoms with van der Waals surface area (Å²) in [4.78, 5) is 14.0. The third kappa shape index (κ3) is 5.13. The highest BCUT2D eigenvalue weighted by Crippen LogP contribution is 2.10. The Morgan fingerprint density at radius 3 is 2.43 bits per heavy atom. The molecule has 1 heterocycles. The quantitative estimate of drug-likeness (QED) is 0.817. The van der Waals surface area contributed by atoms with Crippen molar-refractivity contribution in [2.24, 2.45) is 5.73 Å². The van der Waals surface area contributed by atoms with Gasteiger partial charge in [0.2, 0.25) is 0 Å². The Bertz CT molecular complexity index is 505. The molecule has 1 aromatic carbocycles. The summed E-state index contributed by atoms with van der Waals surface area (Å²) in [6.45, 7) is 2.67. The van der Waals surface area contributed by atoms with Crippen molar-refractivity contribution in [3.8, 4) is 11.8 Å². The number of nitrogens with one attached hydrogen (secondary N) is 1. The van der Waals surface area contributed by atoms with Crippen LogP contribution < -0.4 is 11.1 Å². The third-order valence-electron chi connectivity index (χ3n) is 3.63. The zero-order valence-corrected chi connectivity index (χ0v) is 12.4. The van der Waals surface area contributed by atoms with E-state index in [1.54, 1.807) is 0 Å². The van der Waals surface area contributed by atoms with E-state index in [0.717, 1.165) is 37.1 Å². The van der Waals surface area contributed by atoms with Crippen LogP contribution in [-0.4, -0.2) is 30.6 Å². The molecule has 2 rings (SSSR count). The fraction of sp³-hybridized carbons (Fsp3) is 0.471. The van der Waals surface area contributed by atoms with E-state index in [4.69, 9.17) is 5.73 Å². The molecule has 1 aromatic rings. The van der Waals surface area contributed by atoms with Crippen LogP contribution in [0.1, 0.15) is 36.8 Å². The van der Waals surface area contributed by atoms with Crippen LogP contribution in [0.15, 0.2) is 24.3 Å². The molecule has 0 atom stereocenters. The van der Waals surface area contributed by atoms with Crippen molar-refractivity contribution in [3.05, 3.63) is 35.4 Å². The van der Waals surface area contributed by atoms with E-state index in [9.17, 15) is 4.79 Å². The van der Waals surface area contributed by atoms with Gasteiger partial charge >= 0.3 is 6.03 Å². The van der Waals surface area contributed by atoms with Crippen molar-refractivity contribution in [3.63, 3.8) is 0 Å². The molecule has 21 heavy (non-hydrogen) atoms. The van der Waals surface area contributed by atoms with E-state index in [1.165, 1.54) is 12.8 Å². The summed E-state index contributed by atoms with van der Waals surface area (Å²) in [5.74, 6) is 5.81. The average molecular weight is 285 g/mol. The van der Waals surface area contributed by atoms with Crippen LogP contribution in [0.4, 0.5) is 4.79 Å². The highest BCUT2D eigenvalue weighted by atomic mass is 16.2. The van der Waals surface area contributed by atoms with E-state index in [-0.39, 0.29) is 6.03 Å². The van der Waals surface area contributed by atoms with Gasteiger partial charge in [-0.2, -0.15) is 0 Å². The lowest BCUT2D eigenvalue weighted by Gasteiger charge is -2.20. The lowest BCUT2D eigenvalue weighted by atomic mass is 10.1. The molecule has 0 saturated carbocycles. The number of hydrogen-bond donors (Lipinski definition) is 2. The van der Waals surface area contributed by atoms with Crippen molar-refractivity contribution < 1.29 is 4.79 Å². The number of carbonyl (C=O) groups is 1. The van der Waals surface area contributed by atoms with Gasteiger partial charge in [-0.25, -0.2) is 4.79 Å². The Hall–Kier alpha value is -1.99. The molecular weight excluding hydrogens is 262 g/mol. The molecule has 0 aromatic heterocycles. The van der Waals surface area contributed by atoms with Crippen LogP contribution in [0.2, 0.25) is 0 Å². The smallest absolute Gasteiger partial charge is 0.317 e. The van der Waals surface area contributed by atoms with Crippen LogP contribution in [0, 0.1) is 11.8 Å². The van der Waals surface area contributed by atoms with Gasteiger partial charge in [0.1, 0.15) is 0 Å². The normalized spacial score (nSPS) is 14.8. The predicted molar refractivity (Wildman–Crippen MR) is 84.7 cm³/mol.